The maximum absolute atomic E-state index is 13.5. The molecule has 0 N–H and O–H groups in total. The van der Waals surface area contributed by atoms with Crippen molar-refractivity contribution < 1.29 is 27.6 Å². The highest BCUT2D eigenvalue weighted by molar-refractivity contribution is 5.68. The summed E-state index contributed by atoms with van der Waals surface area (Å²) in [4.78, 5) is 26.0. The molecule has 2 unspecified atom stereocenters. The number of carbonyl (C=O) groups excluding carboxylic acids is 1. The van der Waals surface area contributed by atoms with Crippen LogP contribution in [0.4, 0.5) is 23.7 Å². The lowest BCUT2D eigenvalue weighted by Crippen LogP contribution is -2.55. The molecule has 2 heterocycles. The lowest BCUT2D eigenvalue weighted by atomic mass is 10.0. The average molecular weight is 415 g/mol. The standard InChI is InChI=1S/C19H24F3N3O4/c1-18(2,3)29-17(26)23-10-14-6-7-15(11-23)24(14)9-12-4-5-13(25(27)28)8-16(12)19(20,21)22/h4-5,8,14-15H,6-7,9-11H2,1-3H3. The molecule has 1 amide bonds. The van der Waals surface area contributed by atoms with Gasteiger partial charge in [-0.1, -0.05) is 6.07 Å². The Kier molecular flexibility index (Phi) is 5.50. The molecule has 0 saturated carbocycles. The number of carbonyl (C=O) groups is 1. The lowest BCUT2D eigenvalue weighted by molar-refractivity contribution is -0.385. The summed E-state index contributed by atoms with van der Waals surface area (Å²) in [5.41, 5.74) is -2.18. The summed E-state index contributed by atoms with van der Waals surface area (Å²) < 4.78 is 45.8. The third kappa shape index (κ3) is 4.80. The van der Waals surface area contributed by atoms with Crippen molar-refractivity contribution in [1.82, 2.24) is 9.80 Å². The maximum atomic E-state index is 13.5. The molecule has 2 aliphatic heterocycles. The van der Waals surface area contributed by atoms with Gasteiger partial charge >= 0.3 is 12.3 Å². The molecular weight excluding hydrogens is 391 g/mol. The Hall–Kier alpha value is -2.36. The van der Waals surface area contributed by atoms with Crippen LogP contribution >= 0.6 is 0 Å². The minimum absolute atomic E-state index is 0.00529. The first-order valence-corrected chi connectivity index (χ1v) is 9.43. The Bertz CT molecular complexity index is 793. The van der Waals surface area contributed by atoms with Crippen molar-refractivity contribution in [2.45, 2.75) is 64.0 Å². The van der Waals surface area contributed by atoms with Gasteiger partial charge in [0.25, 0.3) is 5.69 Å². The number of likely N-dealkylation sites (tertiary alicyclic amines) is 1. The number of nitro groups is 1. The van der Waals surface area contributed by atoms with E-state index in [1.165, 1.54) is 6.07 Å². The number of hydrogen-bond donors (Lipinski definition) is 0. The van der Waals surface area contributed by atoms with Crippen LogP contribution in [0, 0.1) is 10.1 Å². The number of hydrogen-bond acceptors (Lipinski definition) is 5. The van der Waals surface area contributed by atoms with Crippen LogP contribution in [0.5, 0.6) is 0 Å². The summed E-state index contributed by atoms with van der Waals surface area (Å²) in [6, 6.07) is 2.73. The molecule has 0 aliphatic carbocycles. The Balaban J connectivity index is 1.77. The van der Waals surface area contributed by atoms with Crippen LogP contribution in [0.25, 0.3) is 0 Å². The number of nitro benzene ring substituents is 1. The van der Waals surface area contributed by atoms with E-state index < -0.39 is 34.0 Å². The molecular formula is C19H24F3N3O4. The molecule has 7 nitrogen and oxygen atoms in total. The first-order chi connectivity index (χ1) is 13.3. The van der Waals surface area contributed by atoms with Crippen molar-refractivity contribution in [1.29, 1.82) is 0 Å². The second-order valence-electron chi connectivity index (χ2n) is 8.54. The van der Waals surface area contributed by atoms with Gasteiger partial charge in [0.05, 0.1) is 10.5 Å². The highest BCUT2D eigenvalue weighted by atomic mass is 19.4. The molecule has 2 atom stereocenters. The summed E-state index contributed by atoms with van der Waals surface area (Å²) in [7, 11) is 0. The molecule has 2 saturated heterocycles. The topological polar surface area (TPSA) is 75.9 Å². The van der Waals surface area contributed by atoms with Gasteiger partial charge in [0.2, 0.25) is 0 Å². The third-order valence-electron chi connectivity index (χ3n) is 5.25. The molecule has 1 aromatic rings. The fourth-order valence-corrected chi connectivity index (χ4v) is 4.00. The van der Waals surface area contributed by atoms with Crippen LogP contribution in [-0.2, 0) is 17.5 Å². The minimum Gasteiger partial charge on any atom is -0.444 e. The van der Waals surface area contributed by atoms with Crippen molar-refractivity contribution >= 4 is 11.8 Å². The maximum Gasteiger partial charge on any atom is 0.416 e. The second-order valence-corrected chi connectivity index (χ2v) is 8.54. The van der Waals surface area contributed by atoms with Gasteiger partial charge in [0, 0.05) is 43.9 Å². The van der Waals surface area contributed by atoms with Gasteiger partial charge in [0.15, 0.2) is 0 Å². The molecule has 0 radical (unpaired) electrons. The van der Waals surface area contributed by atoms with Crippen LogP contribution in [0.15, 0.2) is 18.2 Å². The van der Waals surface area contributed by atoms with Gasteiger partial charge < -0.3 is 9.64 Å². The predicted molar refractivity (Wildman–Crippen MR) is 98.3 cm³/mol. The number of ether oxygens (including phenoxy) is 1. The monoisotopic (exact) mass is 415 g/mol. The summed E-state index contributed by atoms with van der Waals surface area (Å²) in [5.74, 6) is 0. The van der Waals surface area contributed by atoms with E-state index in [-0.39, 0.29) is 24.2 Å². The van der Waals surface area contributed by atoms with E-state index in [0.717, 1.165) is 18.9 Å². The zero-order valence-electron chi connectivity index (χ0n) is 16.5. The molecule has 160 valence electrons. The SMILES string of the molecule is CC(C)(C)OC(=O)N1CC2CCC(C1)N2Cc1ccc([N+](=O)[O-])cc1C(F)(F)F. The number of fused-ring (bicyclic) bond motifs is 2. The molecule has 29 heavy (non-hydrogen) atoms. The largest absolute Gasteiger partial charge is 0.444 e. The Morgan fingerprint density at radius 2 is 1.79 bits per heavy atom. The predicted octanol–water partition coefficient (Wildman–Crippen LogP) is 4.20. The van der Waals surface area contributed by atoms with Gasteiger partial charge in [0.1, 0.15) is 5.60 Å². The smallest absolute Gasteiger partial charge is 0.416 e. The highest BCUT2D eigenvalue weighted by Crippen LogP contribution is 2.38. The fourth-order valence-electron chi connectivity index (χ4n) is 4.00. The Morgan fingerprint density at radius 1 is 1.21 bits per heavy atom. The summed E-state index contributed by atoms with van der Waals surface area (Å²) in [5, 5.41) is 10.9. The van der Waals surface area contributed by atoms with E-state index >= 15 is 0 Å². The fraction of sp³-hybridized carbons (Fsp3) is 0.632. The molecule has 0 spiro atoms. The molecule has 3 rings (SSSR count). The van der Waals surface area contributed by atoms with Crippen LogP contribution in [-0.4, -0.2) is 51.6 Å². The molecule has 10 heteroatoms. The summed E-state index contributed by atoms with van der Waals surface area (Å²) >= 11 is 0. The molecule has 1 aromatic carbocycles. The van der Waals surface area contributed by atoms with Gasteiger partial charge in [-0.15, -0.1) is 0 Å². The van der Waals surface area contributed by atoms with Gasteiger partial charge in [-0.05, 0) is 39.2 Å². The van der Waals surface area contributed by atoms with Crippen molar-refractivity contribution in [3.63, 3.8) is 0 Å². The van der Waals surface area contributed by atoms with Gasteiger partial charge in [-0.3, -0.25) is 15.0 Å². The number of alkyl halides is 3. The van der Waals surface area contributed by atoms with Crippen molar-refractivity contribution in [2.24, 2.45) is 0 Å². The Labute approximate surface area is 166 Å². The minimum atomic E-state index is -4.68. The number of amides is 1. The van der Waals surface area contributed by atoms with E-state index in [4.69, 9.17) is 4.74 Å². The number of piperazine rings is 1. The lowest BCUT2D eigenvalue weighted by Gasteiger charge is -2.41. The van der Waals surface area contributed by atoms with Crippen LogP contribution in [0.1, 0.15) is 44.7 Å². The van der Waals surface area contributed by atoms with Crippen molar-refractivity contribution in [3.05, 3.63) is 39.4 Å². The number of nitrogens with zero attached hydrogens (tertiary/aromatic N) is 3. The Morgan fingerprint density at radius 3 is 2.28 bits per heavy atom. The second kappa shape index (κ2) is 7.47. The summed E-state index contributed by atoms with van der Waals surface area (Å²) in [6.07, 6.45) is -3.55. The first-order valence-electron chi connectivity index (χ1n) is 9.43. The van der Waals surface area contributed by atoms with Crippen LogP contribution < -0.4 is 0 Å². The number of benzene rings is 1. The van der Waals surface area contributed by atoms with E-state index in [1.54, 1.807) is 25.7 Å². The quantitative estimate of drug-likeness (QED) is 0.546. The number of non-ortho nitro benzene ring substituents is 1. The van der Waals surface area contributed by atoms with Crippen LogP contribution in [0.2, 0.25) is 0 Å². The number of rotatable bonds is 3. The van der Waals surface area contributed by atoms with E-state index in [9.17, 15) is 28.1 Å². The molecule has 2 aliphatic rings. The van der Waals surface area contributed by atoms with E-state index in [0.29, 0.717) is 19.2 Å². The molecule has 0 aromatic heterocycles. The van der Waals surface area contributed by atoms with Crippen molar-refractivity contribution in [3.8, 4) is 0 Å². The van der Waals surface area contributed by atoms with Gasteiger partial charge in [-0.2, -0.15) is 13.2 Å². The summed E-state index contributed by atoms with van der Waals surface area (Å²) in [6.45, 7) is 6.15. The van der Waals surface area contributed by atoms with Crippen LogP contribution in [0.3, 0.4) is 0 Å². The van der Waals surface area contributed by atoms with E-state index in [2.05, 4.69) is 0 Å². The molecule has 2 bridgehead atoms. The van der Waals surface area contributed by atoms with E-state index in [1.807, 2.05) is 4.90 Å². The average Bonchev–Trinajstić information content (AvgIpc) is 2.81. The first kappa shape index (κ1) is 21.4. The van der Waals surface area contributed by atoms with Crippen molar-refractivity contribution in [2.75, 3.05) is 13.1 Å². The van der Waals surface area contributed by atoms with Gasteiger partial charge in [-0.25, -0.2) is 4.79 Å². The third-order valence-corrected chi connectivity index (χ3v) is 5.25. The normalized spacial score (nSPS) is 22.6. The zero-order chi connectivity index (χ0) is 21.6. The highest BCUT2D eigenvalue weighted by Gasteiger charge is 2.43. The molecule has 2 fully saturated rings. The number of halogens is 3. The zero-order valence-corrected chi connectivity index (χ0v) is 16.5.